The van der Waals surface area contributed by atoms with E-state index in [1.165, 1.54) is 0 Å². The number of carbonyl (C=O) groups is 2. The van der Waals surface area contributed by atoms with Crippen LogP contribution < -0.4 is 20.1 Å². The van der Waals surface area contributed by atoms with Crippen molar-refractivity contribution >= 4 is 18.0 Å². The molecule has 0 radical (unpaired) electrons. The minimum Gasteiger partial charge on any atom is -0.493 e. The smallest absolute Gasteiger partial charge is 0.326 e. The molecule has 1 fully saturated rings. The van der Waals surface area contributed by atoms with Gasteiger partial charge >= 0.3 is 6.03 Å². The van der Waals surface area contributed by atoms with Gasteiger partial charge < -0.3 is 14.8 Å². The Morgan fingerprint density at radius 3 is 2.57 bits per heavy atom. The third kappa shape index (κ3) is 3.53. The molecule has 2 rings (SSSR count). The van der Waals surface area contributed by atoms with E-state index in [1.807, 2.05) is 13.8 Å². The summed E-state index contributed by atoms with van der Waals surface area (Å²) in [6.07, 6.45) is 2.56. The number of hydrogen-bond acceptors (Lipinski definition) is 4. The van der Waals surface area contributed by atoms with Crippen LogP contribution in [-0.2, 0) is 4.79 Å². The number of hydrogen-bond donors (Lipinski definition) is 2. The number of methoxy groups -OCH3 is 1. The molecule has 0 aromatic heterocycles. The molecule has 1 atom stereocenters. The highest BCUT2D eigenvalue weighted by molar-refractivity contribution is 6.13. The molecule has 1 heterocycles. The molecule has 1 aliphatic heterocycles. The van der Waals surface area contributed by atoms with Crippen LogP contribution in [0.1, 0.15) is 25.8 Å². The van der Waals surface area contributed by atoms with Crippen LogP contribution in [0.25, 0.3) is 6.08 Å². The van der Waals surface area contributed by atoms with Crippen molar-refractivity contribution < 1.29 is 19.1 Å². The highest BCUT2D eigenvalue weighted by Crippen LogP contribution is 2.30. The second-order valence-electron chi connectivity index (χ2n) is 4.71. The molecule has 1 saturated heterocycles. The molecule has 0 spiro atoms. The number of ether oxygens (including phenoxy) is 2. The molecule has 0 saturated carbocycles. The molecule has 6 nitrogen and oxygen atoms in total. The summed E-state index contributed by atoms with van der Waals surface area (Å²) in [7, 11) is 1.56. The molecular formula is C15H18N2O4. The van der Waals surface area contributed by atoms with Gasteiger partial charge in [-0.05, 0) is 37.1 Å². The van der Waals surface area contributed by atoms with Crippen LogP contribution in [-0.4, -0.2) is 25.2 Å². The topological polar surface area (TPSA) is 76.7 Å². The van der Waals surface area contributed by atoms with Gasteiger partial charge in [-0.3, -0.25) is 10.1 Å². The van der Waals surface area contributed by atoms with Crippen LogP contribution in [0.4, 0.5) is 4.79 Å². The van der Waals surface area contributed by atoms with E-state index in [-0.39, 0.29) is 11.8 Å². The van der Waals surface area contributed by atoms with E-state index < -0.39 is 11.9 Å². The van der Waals surface area contributed by atoms with Gasteiger partial charge in [-0.15, -0.1) is 0 Å². The van der Waals surface area contributed by atoms with Crippen LogP contribution >= 0.6 is 0 Å². The maximum atomic E-state index is 11.5. The normalized spacial score (nSPS) is 17.4. The third-order valence-corrected chi connectivity index (χ3v) is 3.12. The zero-order valence-electron chi connectivity index (χ0n) is 12.2. The fraction of sp³-hybridized carbons (Fsp3) is 0.333. The second kappa shape index (κ2) is 6.30. The van der Waals surface area contributed by atoms with Crippen LogP contribution in [0.3, 0.4) is 0 Å². The van der Waals surface area contributed by atoms with Crippen molar-refractivity contribution in [1.29, 1.82) is 0 Å². The van der Waals surface area contributed by atoms with E-state index in [4.69, 9.17) is 9.47 Å². The average molecular weight is 290 g/mol. The van der Waals surface area contributed by atoms with E-state index in [9.17, 15) is 9.59 Å². The lowest BCUT2D eigenvalue weighted by atomic mass is 10.1. The Hall–Kier alpha value is -2.50. The van der Waals surface area contributed by atoms with Gasteiger partial charge in [0, 0.05) is 0 Å². The Morgan fingerprint density at radius 1 is 1.24 bits per heavy atom. The van der Waals surface area contributed by atoms with E-state index in [2.05, 4.69) is 10.6 Å². The standard InChI is InChI=1S/C15H18N2O4/c1-4-9(2)21-12-6-5-10(8-13(12)20-3)7-11-14(18)17-15(19)16-11/h5-9H,4H2,1-3H3,(H2,16,17,18,19)/b11-7+/t9-/m1/s1. The van der Waals surface area contributed by atoms with Crippen molar-refractivity contribution in [2.24, 2.45) is 0 Å². The summed E-state index contributed by atoms with van der Waals surface area (Å²) in [5.74, 6) is 0.780. The predicted molar refractivity (Wildman–Crippen MR) is 78.0 cm³/mol. The van der Waals surface area contributed by atoms with Gasteiger partial charge in [-0.1, -0.05) is 13.0 Å². The Morgan fingerprint density at radius 2 is 2.00 bits per heavy atom. The zero-order valence-corrected chi connectivity index (χ0v) is 12.2. The van der Waals surface area contributed by atoms with Crippen molar-refractivity contribution in [3.63, 3.8) is 0 Å². The van der Waals surface area contributed by atoms with Gasteiger partial charge in [0.15, 0.2) is 11.5 Å². The number of imide groups is 1. The summed E-state index contributed by atoms with van der Waals surface area (Å²) in [5.41, 5.74) is 0.938. The van der Waals surface area contributed by atoms with Crippen LogP contribution in [0.5, 0.6) is 11.5 Å². The second-order valence-corrected chi connectivity index (χ2v) is 4.71. The molecule has 1 aromatic rings. The molecule has 3 amide bonds. The molecule has 0 aliphatic carbocycles. The van der Waals surface area contributed by atoms with Gasteiger partial charge in [-0.25, -0.2) is 4.79 Å². The van der Waals surface area contributed by atoms with Crippen LogP contribution in [0, 0.1) is 0 Å². The van der Waals surface area contributed by atoms with E-state index >= 15 is 0 Å². The Labute approximate surface area is 123 Å². The first-order chi connectivity index (χ1) is 10.0. The van der Waals surface area contributed by atoms with Gasteiger partial charge in [-0.2, -0.15) is 0 Å². The number of amides is 3. The lowest BCUT2D eigenvalue weighted by Gasteiger charge is -2.15. The molecule has 6 heteroatoms. The molecule has 21 heavy (non-hydrogen) atoms. The molecular weight excluding hydrogens is 272 g/mol. The largest absolute Gasteiger partial charge is 0.493 e. The summed E-state index contributed by atoms with van der Waals surface area (Å²) in [5, 5.41) is 4.58. The van der Waals surface area contributed by atoms with E-state index in [0.717, 1.165) is 12.0 Å². The van der Waals surface area contributed by atoms with Gasteiger partial charge in [0.2, 0.25) is 0 Å². The zero-order chi connectivity index (χ0) is 15.4. The number of carbonyl (C=O) groups excluding carboxylic acids is 2. The summed E-state index contributed by atoms with van der Waals surface area (Å²) in [6.45, 7) is 4.02. The average Bonchev–Trinajstić information content (AvgIpc) is 2.78. The Balaban J connectivity index is 2.25. The van der Waals surface area contributed by atoms with E-state index in [1.54, 1.807) is 31.4 Å². The first-order valence-electron chi connectivity index (χ1n) is 6.72. The van der Waals surface area contributed by atoms with Crippen molar-refractivity contribution in [3.05, 3.63) is 29.5 Å². The summed E-state index contributed by atoms with van der Waals surface area (Å²) < 4.78 is 11.1. The quantitative estimate of drug-likeness (QED) is 0.643. The molecule has 1 aliphatic rings. The monoisotopic (exact) mass is 290 g/mol. The number of nitrogens with one attached hydrogen (secondary N) is 2. The fourth-order valence-corrected chi connectivity index (χ4v) is 1.82. The van der Waals surface area contributed by atoms with Gasteiger partial charge in [0.25, 0.3) is 5.91 Å². The molecule has 0 unspecified atom stereocenters. The lowest BCUT2D eigenvalue weighted by molar-refractivity contribution is -0.115. The summed E-state index contributed by atoms with van der Waals surface area (Å²) in [4.78, 5) is 22.5. The highest BCUT2D eigenvalue weighted by Gasteiger charge is 2.22. The third-order valence-electron chi connectivity index (χ3n) is 3.12. The van der Waals surface area contributed by atoms with Crippen molar-refractivity contribution in [1.82, 2.24) is 10.6 Å². The van der Waals surface area contributed by atoms with Crippen molar-refractivity contribution in [2.45, 2.75) is 26.4 Å². The predicted octanol–water partition coefficient (Wildman–Crippen LogP) is 2.05. The minimum atomic E-state index is -0.519. The molecule has 112 valence electrons. The maximum Gasteiger partial charge on any atom is 0.326 e. The first kappa shape index (κ1) is 14.9. The maximum absolute atomic E-state index is 11.5. The Kier molecular flexibility index (Phi) is 4.47. The fourth-order valence-electron chi connectivity index (χ4n) is 1.82. The number of benzene rings is 1. The summed E-state index contributed by atoms with van der Waals surface area (Å²) >= 11 is 0. The summed E-state index contributed by atoms with van der Waals surface area (Å²) in [6, 6.07) is 4.81. The molecule has 1 aromatic carbocycles. The molecule has 0 bridgehead atoms. The van der Waals surface area contributed by atoms with Crippen molar-refractivity contribution in [3.8, 4) is 11.5 Å². The number of urea groups is 1. The highest BCUT2D eigenvalue weighted by atomic mass is 16.5. The van der Waals surface area contributed by atoms with E-state index in [0.29, 0.717) is 11.5 Å². The molecule has 2 N–H and O–H groups in total. The van der Waals surface area contributed by atoms with Gasteiger partial charge in [0.05, 0.1) is 13.2 Å². The van der Waals surface area contributed by atoms with Crippen LogP contribution in [0.2, 0.25) is 0 Å². The Bertz CT molecular complexity index is 595. The number of rotatable bonds is 5. The van der Waals surface area contributed by atoms with Crippen molar-refractivity contribution in [2.75, 3.05) is 7.11 Å². The van der Waals surface area contributed by atoms with Gasteiger partial charge in [0.1, 0.15) is 5.70 Å². The SMILES string of the molecule is CC[C@@H](C)Oc1ccc(/C=C2/NC(=O)NC2=O)cc1OC. The minimum absolute atomic E-state index is 0.0861. The lowest BCUT2D eigenvalue weighted by Crippen LogP contribution is -2.22. The van der Waals surface area contributed by atoms with Crippen LogP contribution in [0.15, 0.2) is 23.9 Å². The first-order valence-corrected chi connectivity index (χ1v) is 6.72.